The van der Waals surface area contributed by atoms with Gasteiger partial charge in [-0.25, -0.2) is 8.42 Å². The molecule has 2 unspecified atom stereocenters. The lowest BCUT2D eigenvalue weighted by atomic mass is 9.79. The van der Waals surface area contributed by atoms with Gasteiger partial charge in [-0.05, 0) is 55.9 Å². The molecule has 1 aliphatic rings. The van der Waals surface area contributed by atoms with E-state index in [4.69, 9.17) is 0 Å². The summed E-state index contributed by atoms with van der Waals surface area (Å²) in [7, 11) is 0.240. The van der Waals surface area contributed by atoms with Crippen molar-refractivity contribution in [3.05, 3.63) is 29.5 Å². The highest BCUT2D eigenvalue weighted by molar-refractivity contribution is 7.92. The van der Waals surface area contributed by atoms with Crippen molar-refractivity contribution in [2.45, 2.75) is 30.9 Å². The van der Waals surface area contributed by atoms with E-state index >= 15 is 0 Å². The van der Waals surface area contributed by atoms with Crippen molar-refractivity contribution in [2.75, 3.05) is 25.3 Å². The number of nitrogens with zero attached hydrogens (tertiary/aromatic N) is 1. The van der Waals surface area contributed by atoms with Gasteiger partial charge in [0, 0.05) is 42.6 Å². The molecule has 136 valence electrons. The molecule has 0 fully saturated rings. The smallest absolute Gasteiger partial charge is 0.325 e. The van der Waals surface area contributed by atoms with Crippen LogP contribution in [0.3, 0.4) is 0 Å². The van der Waals surface area contributed by atoms with E-state index in [-0.39, 0.29) is 0 Å². The van der Waals surface area contributed by atoms with Crippen LogP contribution >= 0.6 is 0 Å². The molecule has 0 saturated heterocycles. The molecule has 1 aromatic carbocycles. The van der Waals surface area contributed by atoms with Gasteiger partial charge in [-0.2, -0.15) is 0 Å². The Morgan fingerprint density at radius 3 is 2.60 bits per heavy atom. The molecule has 1 aromatic heterocycles. The molecule has 2 N–H and O–H groups in total. The Kier molecular flexibility index (Phi) is 4.10. The number of fused-ring (bicyclic) bond motifs is 3. The minimum absolute atomic E-state index is 0.428. The fourth-order valence-electron chi connectivity index (χ4n) is 3.80. The molecule has 1 heterocycles. The number of aromatic amines is 1. The van der Waals surface area contributed by atoms with Crippen LogP contribution in [0.2, 0.25) is 0 Å². The topological polar surface area (TPSA) is 90.5 Å². The molecule has 7 heteroatoms. The predicted molar refractivity (Wildman–Crippen MR) is 99.0 cm³/mol. The van der Waals surface area contributed by atoms with E-state index in [9.17, 15) is 18.3 Å². The zero-order valence-electron chi connectivity index (χ0n) is 15.0. The summed E-state index contributed by atoms with van der Waals surface area (Å²) in [5.41, 5.74) is 4.24. The number of hydrogen-bond acceptors (Lipinski definition) is 4. The fourth-order valence-corrected chi connectivity index (χ4v) is 4.93. The molecule has 0 aliphatic heterocycles. The van der Waals surface area contributed by atoms with Crippen LogP contribution in [0.25, 0.3) is 10.9 Å². The van der Waals surface area contributed by atoms with Crippen LogP contribution in [0.4, 0.5) is 5.69 Å². The summed E-state index contributed by atoms with van der Waals surface area (Å²) in [6, 6.07) is 6.17. The minimum Gasteiger partial charge on any atom is -0.480 e. The maximum Gasteiger partial charge on any atom is 0.325 e. The van der Waals surface area contributed by atoms with Gasteiger partial charge in [-0.3, -0.25) is 4.79 Å². The second-order valence-electron chi connectivity index (χ2n) is 7.33. The van der Waals surface area contributed by atoms with E-state index in [1.165, 1.54) is 12.5 Å². The van der Waals surface area contributed by atoms with Crippen LogP contribution < -0.4 is 4.90 Å². The normalized spacial score (nSPS) is 20.1. The second kappa shape index (κ2) is 5.76. The zero-order chi connectivity index (χ0) is 18.6. The number of rotatable bonds is 4. The molecule has 0 radical (unpaired) electrons. The third-order valence-corrected chi connectivity index (χ3v) is 7.71. The van der Waals surface area contributed by atoms with Gasteiger partial charge < -0.3 is 15.0 Å². The first-order valence-electron chi connectivity index (χ1n) is 8.29. The van der Waals surface area contributed by atoms with Crippen LogP contribution in [-0.2, 0) is 27.5 Å². The third kappa shape index (κ3) is 2.70. The van der Waals surface area contributed by atoms with Crippen LogP contribution in [-0.4, -0.2) is 49.6 Å². The Morgan fingerprint density at radius 1 is 1.36 bits per heavy atom. The number of carboxylic acids is 1. The van der Waals surface area contributed by atoms with E-state index in [0.29, 0.717) is 19.3 Å². The summed E-state index contributed by atoms with van der Waals surface area (Å²) in [4.78, 5) is 17.2. The van der Waals surface area contributed by atoms with E-state index in [0.717, 1.165) is 28.5 Å². The number of hydrogen-bond donors (Lipinski definition) is 2. The van der Waals surface area contributed by atoms with Gasteiger partial charge in [0.2, 0.25) is 0 Å². The van der Waals surface area contributed by atoms with Crippen LogP contribution in [0.5, 0.6) is 0 Å². The van der Waals surface area contributed by atoms with Gasteiger partial charge in [0.25, 0.3) is 0 Å². The zero-order valence-corrected chi connectivity index (χ0v) is 15.8. The molecular formula is C18H24N2O4S. The molecule has 6 nitrogen and oxygen atoms in total. The molecule has 1 aliphatic carbocycles. The average Bonchev–Trinajstić information content (AvgIpc) is 2.89. The Labute approximate surface area is 147 Å². The summed E-state index contributed by atoms with van der Waals surface area (Å²) in [5.74, 6) is -1.72. The van der Waals surface area contributed by atoms with Crippen molar-refractivity contribution in [2.24, 2.45) is 5.92 Å². The standard InChI is InChI=1S/C18H24N2O4S/c1-18(17(21)22,25(4,23)24)11-5-7-13-14-10-12(20(2)3)6-8-15(14)19-16(13)9-11/h6,8,10-11,19H,5,7,9H2,1-4H3,(H,21,22). The first kappa shape index (κ1) is 17.8. The number of H-pyrrole nitrogens is 1. The number of aryl methyl sites for hydroxylation is 1. The highest BCUT2D eigenvalue weighted by Crippen LogP contribution is 2.40. The Bertz CT molecular complexity index is 945. The predicted octanol–water partition coefficient (Wildman–Crippen LogP) is 2.23. The lowest BCUT2D eigenvalue weighted by Crippen LogP contribution is -2.51. The van der Waals surface area contributed by atoms with Gasteiger partial charge in [0.05, 0.1) is 0 Å². The van der Waals surface area contributed by atoms with E-state index < -0.39 is 26.5 Å². The molecule has 2 atom stereocenters. The number of benzene rings is 1. The summed E-state index contributed by atoms with van der Waals surface area (Å²) < 4.78 is 22.6. The number of nitrogens with one attached hydrogen (secondary N) is 1. The number of aromatic nitrogens is 1. The van der Waals surface area contributed by atoms with Gasteiger partial charge in [-0.15, -0.1) is 0 Å². The van der Waals surface area contributed by atoms with Crippen molar-refractivity contribution < 1.29 is 18.3 Å². The van der Waals surface area contributed by atoms with Crippen molar-refractivity contribution in [1.29, 1.82) is 0 Å². The summed E-state index contributed by atoms with van der Waals surface area (Å²) in [6.45, 7) is 1.34. The highest BCUT2D eigenvalue weighted by atomic mass is 32.2. The quantitative estimate of drug-likeness (QED) is 0.868. The first-order chi connectivity index (χ1) is 11.6. The monoisotopic (exact) mass is 364 g/mol. The average molecular weight is 364 g/mol. The van der Waals surface area contributed by atoms with Crippen LogP contribution in [0.15, 0.2) is 18.2 Å². The highest BCUT2D eigenvalue weighted by Gasteiger charge is 2.51. The number of carboxylic acid groups (broad SMARTS) is 1. The Morgan fingerprint density at radius 2 is 2.04 bits per heavy atom. The largest absolute Gasteiger partial charge is 0.480 e. The van der Waals surface area contributed by atoms with Crippen molar-refractivity contribution in [1.82, 2.24) is 4.98 Å². The Hall–Kier alpha value is -2.02. The molecule has 2 aromatic rings. The van der Waals surface area contributed by atoms with E-state index in [1.54, 1.807) is 0 Å². The lowest BCUT2D eigenvalue weighted by Gasteiger charge is -2.34. The first-order valence-corrected chi connectivity index (χ1v) is 10.2. The van der Waals surface area contributed by atoms with Crippen molar-refractivity contribution >= 4 is 32.4 Å². The molecular weight excluding hydrogens is 340 g/mol. The number of sulfone groups is 1. The number of anilines is 1. The third-order valence-electron chi connectivity index (χ3n) is 5.66. The molecule has 0 amide bonds. The molecule has 0 spiro atoms. The summed E-state index contributed by atoms with van der Waals surface area (Å²) >= 11 is 0. The second-order valence-corrected chi connectivity index (χ2v) is 9.72. The Balaban J connectivity index is 2.05. The van der Waals surface area contributed by atoms with Crippen molar-refractivity contribution in [3.63, 3.8) is 0 Å². The SMILES string of the molecule is CN(C)c1ccc2[nH]c3c(c2c1)CCC(C(C)(C(=O)O)S(C)(=O)=O)C3. The maximum atomic E-state index is 12.2. The van der Waals surface area contributed by atoms with Gasteiger partial charge in [0.15, 0.2) is 14.6 Å². The molecule has 0 saturated carbocycles. The molecule has 0 bridgehead atoms. The van der Waals surface area contributed by atoms with Gasteiger partial charge >= 0.3 is 5.97 Å². The number of carbonyl (C=O) groups is 1. The molecule has 25 heavy (non-hydrogen) atoms. The van der Waals surface area contributed by atoms with E-state index in [1.807, 2.05) is 31.1 Å². The van der Waals surface area contributed by atoms with Crippen LogP contribution in [0.1, 0.15) is 24.6 Å². The lowest BCUT2D eigenvalue weighted by molar-refractivity contribution is -0.141. The van der Waals surface area contributed by atoms with Gasteiger partial charge in [-0.1, -0.05) is 0 Å². The fraction of sp³-hybridized carbons (Fsp3) is 0.500. The maximum absolute atomic E-state index is 12.2. The number of aliphatic carboxylic acids is 1. The van der Waals surface area contributed by atoms with Crippen LogP contribution in [0, 0.1) is 5.92 Å². The summed E-state index contributed by atoms with van der Waals surface area (Å²) in [6.07, 6.45) is 2.67. The molecule has 3 rings (SSSR count). The van der Waals surface area contributed by atoms with Gasteiger partial charge in [0.1, 0.15) is 0 Å². The minimum atomic E-state index is -3.73. The summed E-state index contributed by atoms with van der Waals surface area (Å²) in [5, 5.41) is 10.7. The van der Waals surface area contributed by atoms with E-state index in [2.05, 4.69) is 11.1 Å². The van der Waals surface area contributed by atoms with Crippen molar-refractivity contribution in [3.8, 4) is 0 Å².